The van der Waals surface area contributed by atoms with Crippen LogP contribution in [0.3, 0.4) is 0 Å². The van der Waals surface area contributed by atoms with Crippen LogP contribution in [0.25, 0.3) is 0 Å². The van der Waals surface area contributed by atoms with Gasteiger partial charge in [-0.1, -0.05) is 0 Å². The molecule has 8 heteroatoms. The topological polar surface area (TPSA) is 67.3 Å². The number of rotatable bonds is 8. The lowest BCUT2D eigenvalue weighted by Gasteiger charge is -2.27. The number of methoxy groups -OCH3 is 2. The first-order valence-electron chi connectivity index (χ1n) is 8.68. The molecular weight excluding hydrogens is 352 g/mol. The predicted molar refractivity (Wildman–Crippen MR) is 107 cm³/mol. The van der Waals surface area contributed by atoms with Gasteiger partial charge in [-0.25, -0.2) is 0 Å². The number of ether oxygens (including phenoxy) is 3. The quantitative estimate of drug-likeness (QED) is 0.305. The molecule has 1 heterocycles. The zero-order valence-electron chi connectivity index (χ0n) is 15.7. The van der Waals surface area contributed by atoms with Crippen LogP contribution in [0.4, 0.5) is 0 Å². The summed E-state index contributed by atoms with van der Waals surface area (Å²) < 4.78 is 15.9. The molecule has 0 radical (unpaired) electrons. The summed E-state index contributed by atoms with van der Waals surface area (Å²) >= 11 is 5.19. The van der Waals surface area contributed by atoms with Crippen molar-refractivity contribution in [3.05, 3.63) is 29.3 Å². The van der Waals surface area contributed by atoms with Crippen molar-refractivity contribution in [2.24, 2.45) is 5.10 Å². The molecule has 0 aromatic heterocycles. The van der Waals surface area contributed by atoms with Crippen molar-refractivity contribution in [1.82, 2.24) is 15.6 Å². The summed E-state index contributed by atoms with van der Waals surface area (Å²) in [6, 6.07) is 6.11. The van der Waals surface area contributed by atoms with Gasteiger partial charge in [0, 0.05) is 38.9 Å². The smallest absolute Gasteiger partial charge is 0.187 e. The van der Waals surface area contributed by atoms with Crippen LogP contribution in [0.5, 0.6) is 5.75 Å². The van der Waals surface area contributed by atoms with Gasteiger partial charge in [0.15, 0.2) is 5.11 Å². The van der Waals surface area contributed by atoms with Crippen molar-refractivity contribution in [2.45, 2.75) is 13.5 Å². The van der Waals surface area contributed by atoms with E-state index in [1.807, 2.05) is 19.1 Å². The molecule has 144 valence electrons. The maximum atomic E-state index is 5.52. The zero-order valence-corrected chi connectivity index (χ0v) is 16.5. The molecule has 0 spiro atoms. The van der Waals surface area contributed by atoms with Crippen LogP contribution in [0.2, 0.25) is 0 Å². The lowest BCUT2D eigenvalue weighted by atomic mass is 10.1. The maximum absolute atomic E-state index is 5.52. The molecule has 0 amide bonds. The Morgan fingerprint density at radius 2 is 2.08 bits per heavy atom. The Labute approximate surface area is 160 Å². The second kappa shape index (κ2) is 11.1. The number of thiocarbonyl (C=S) groups is 1. The van der Waals surface area contributed by atoms with Crippen molar-refractivity contribution in [3.8, 4) is 5.75 Å². The highest BCUT2D eigenvalue weighted by molar-refractivity contribution is 7.80. The van der Waals surface area contributed by atoms with E-state index in [1.165, 1.54) is 0 Å². The van der Waals surface area contributed by atoms with Crippen molar-refractivity contribution in [2.75, 3.05) is 53.7 Å². The molecule has 1 aromatic rings. The minimum atomic E-state index is 0.475. The molecule has 0 unspecified atom stereocenters. The molecule has 2 N–H and O–H groups in total. The van der Waals surface area contributed by atoms with Crippen LogP contribution in [0, 0.1) is 0 Å². The monoisotopic (exact) mass is 380 g/mol. The summed E-state index contributed by atoms with van der Waals surface area (Å²) in [6.45, 7) is 7.44. The van der Waals surface area contributed by atoms with E-state index in [2.05, 4.69) is 26.8 Å². The van der Waals surface area contributed by atoms with Crippen LogP contribution in [-0.4, -0.2) is 69.4 Å². The van der Waals surface area contributed by atoms with Gasteiger partial charge in [0.25, 0.3) is 0 Å². The number of nitrogens with one attached hydrogen (secondary N) is 2. The fourth-order valence-corrected chi connectivity index (χ4v) is 2.78. The van der Waals surface area contributed by atoms with Crippen LogP contribution >= 0.6 is 12.2 Å². The highest BCUT2D eigenvalue weighted by Crippen LogP contribution is 2.22. The third kappa shape index (κ3) is 6.53. The van der Waals surface area contributed by atoms with Crippen LogP contribution in [0.15, 0.2) is 23.3 Å². The Morgan fingerprint density at radius 3 is 2.77 bits per heavy atom. The Balaban J connectivity index is 2.02. The summed E-state index contributed by atoms with van der Waals surface area (Å²) in [5.41, 5.74) is 5.89. The van der Waals surface area contributed by atoms with E-state index >= 15 is 0 Å². The number of nitrogens with zero attached hydrogens (tertiary/aromatic N) is 2. The molecule has 0 atom stereocenters. The van der Waals surface area contributed by atoms with Gasteiger partial charge in [0.1, 0.15) is 5.75 Å². The number of benzene rings is 1. The molecule has 0 aliphatic carbocycles. The highest BCUT2D eigenvalue weighted by atomic mass is 32.1. The van der Waals surface area contributed by atoms with E-state index in [0.717, 1.165) is 55.4 Å². The third-order valence-corrected chi connectivity index (χ3v) is 4.35. The second-order valence-corrected chi connectivity index (χ2v) is 6.38. The molecule has 7 nitrogen and oxygen atoms in total. The molecule has 1 fully saturated rings. The van der Waals surface area contributed by atoms with E-state index in [0.29, 0.717) is 18.3 Å². The fraction of sp³-hybridized carbons (Fsp3) is 0.556. The summed E-state index contributed by atoms with van der Waals surface area (Å²) in [5.74, 6) is 0.887. The number of morpholine rings is 1. The number of hydrazone groups is 1. The van der Waals surface area contributed by atoms with Crippen LogP contribution < -0.4 is 15.5 Å². The van der Waals surface area contributed by atoms with Crippen molar-refractivity contribution < 1.29 is 14.2 Å². The first kappa shape index (κ1) is 20.6. The van der Waals surface area contributed by atoms with E-state index in [1.54, 1.807) is 14.2 Å². The maximum Gasteiger partial charge on any atom is 0.187 e. The third-order valence-electron chi connectivity index (χ3n) is 4.11. The Hall–Kier alpha value is -1.74. The van der Waals surface area contributed by atoms with Gasteiger partial charge in [0.05, 0.1) is 32.6 Å². The molecule has 0 saturated carbocycles. The van der Waals surface area contributed by atoms with Crippen molar-refractivity contribution in [1.29, 1.82) is 0 Å². The average molecular weight is 381 g/mol. The van der Waals surface area contributed by atoms with Gasteiger partial charge >= 0.3 is 0 Å². The van der Waals surface area contributed by atoms with E-state index < -0.39 is 0 Å². The zero-order chi connectivity index (χ0) is 18.8. The molecule has 1 aliphatic heterocycles. The summed E-state index contributed by atoms with van der Waals surface area (Å²) in [6.07, 6.45) is 0. The van der Waals surface area contributed by atoms with Gasteiger partial charge < -0.3 is 19.5 Å². The first-order chi connectivity index (χ1) is 12.6. The number of hydrogen-bond donors (Lipinski definition) is 2. The van der Waals surface area contributed by atoms with Gasteiger partial charge in [-0.05, 0) is 42.9 Å². The largest absolute Gasteiger partial charge is 0.496 e. The molecule has 1 aromatic carbocycles. The molecule has 0 bridgehead atoms. The van der Waals surface area contributed by atoms with Gasteiger partial charge in [-0.3, -0.25) is 10.3 Å². The minimum Gasteiger partial charge on any atom is -0.496 e. The Kier molecular flexibility index (Phi) is 8.76. The van der Waals surface area contributed by atoms with Gasteiger partial charge in [0.2, 0.25) is 0 Å². The lowest BCUT2D eigenvalue weighted by Crippen LogP contribution is -2.35. The molecule has 2 rings (SSSR count). The van der Waals surface area contributed by atoms with E-state index in [9.17, 15) is 0 Å². The first-order valence-corrected chi connectivity index (χ1v) is 9.09. The standard InChI is InChI=1S/C18H28N4O3S/c1-14(20-21-18(26)19-6-9-23-2)15-4-5-17(24-3)16(12-15)13-22-7-10-25-11-8-22/h4-5,12H,6-11,13H2,1-3H3,(H2,19,21,26)/b20-14-. The fourth-order valence-electron chi connectivity index (χ4n) is 2.63. The minimum absolute atomic E-state index is 0.475. The summed E-state index contributed by atoms with van der Waals surface area (Å²) in [5, 5.41) is 7.86. The van der Waals surface area contributed by atoms with E-state index in [4.69, 9.17) is 26.4 Å². The molecular formula is C18H28N4O3S. The second-order valence-electron chi connectivity index (χ2n) is 5.97. The molecule has 1 aliphatic rings. The Morgan fingerprint density at radius 1 is 1.31 bits per heavy atom. The molecule has 1 saturated heterocycles. The van der Waals surface area contributed by atoms with Gasteiger partial charge in [-0.15, -0.1) is 0 Å². The number of hydrogen-bond acceptors (Lipinski definition) is 6. The summed E-state index contributed by atoms with van der Waals surface area (Å²) in [4.78, 5) is 2.37. The average Bonchev–Trinajstić information content (AvgIpc) is 2.67. The van der Waals surface area contributed by atoms with E-state index in [-0.39, 0.29) is 0 Å². The SMILES string of the molecule is COCCNC(=S)N/N=C(/C)c1ccc(OC)c(CN2CCOCC2)c1. The molecule has 26 heavy (non-hydrogen) atoms. The summed E-state index contributed by atoms with van der Waals surface area (Å²) in [7, 11) is 3.35. The Bertz CT molecular complexity index is 618. The lowest BCUT2D eigenvalue weighted by molar-refractivity contribution is 0.0339. The normalized spacial score (nSPS) is 15.6. The van der Waals surface area contributed by atoms with Crippen molar-refractivity contribution >= 4 is 23.0 Å². The van der Waals surface area contributed by atoms with Crippen LogP contribution in [-0.2, 0) is 16.0 Å². The van der Waals surface area contributed by atoms with Gasteiger partial charge in [-0.2, -0.15) is 5.10 Å². The highest BCUT2D eigenvalue weighted by Gasteiger charge is 2.14. The van der Waals surface area contributed by atoms with Crippen LogP contribution in [0.1, 0.15) is 18.1 Å². The van der Waals surface area contributed by atoms with Crippen molar-refractivity contribution in [3.63, 3.8) is 0 Å². The predicted octanol–water partition coefficient (Wildman–Crippen LogP) is 1.36.